The number of methoxy groups -OCH3 is 1. The standard InChI is InChI=1S/C14H16ClN5O5S.C14H13F4N3O2S/c1-9-16-12(19-14(17-9)24-2)18-13(21)20-26(22,23)11-6-4-3-5-10(11)25-8-7-15;1-8(2)21(10-5-3-9(15)4-6-10)11(22)7-23-13-20-19-12(24-13)14(16,17)18/h3-6H,7-8H2,1-2H3,(H2,16,17,18,19,20,21);3-6,8H,7H2,1-2H3. The summed E-state index contributed by atoms with van der Waals surface area (Å²) in [5.41, 5.74) is 0.452. The maximum atomic E-state index is 13.0. The predicted octanol–water partition coefficient (Wildman–Crippen LogP) is 4.83. The summed E-state index contributed by atoms with van der Waals surface area (Å²) in [7, 11) is -2.85. The van der Waals surface area contributed by atoms with Crippen LogP contribution in [0.1, 0.15) is 24.7 Å². The van der Waals surface area contributed by atoms with E-state index in [1.807, 2.05) is 4.72 Å². The quantitative estimate of drug-likeness (QED) is 0.148. The molecule has 0 aliphatic rings. The number of aromatic nitrogens is 5. The highest BCUT2D eigenvalue weighted by Gasteiger charge is 2.36. The van der Waals surface area contributed by atoms with Crippen molar-refractivity contribution in [2.75, 3.05) is 36.4 Å². The molecule has 22 heteroatoms. The number of carbonyl (C=O) groups is 2. The molecule has 4 rings (SSSR count). The first-order chi connectivity index (χ1) is 23.5. The van der Waals surface area contributed by atoms with Crippen molar-refractivity contribution in [3.63, 3.8) is 0 Å². The van der Waals surface area contributed by atoms with Crippen LogP contribution in [-0.4, -0.2) is 77.8 Å². The molecule has 50 heavy (non-hydrogen) atoms. The molecule has 2 aromatic carbocycles. The van der Waals surface area contributed by atoms with Gasteiger partial charge in [-0.2, -0.15) is 28.1 Å². The van der Waals surface area contributed by atoms with Crippen LogP contribution in [0.25, 0.3) is 0 Å². The van der Waals surface area contributed by atoms with Crippen LogP contribution in [0.2, 0.25) is 0 Å². The number of sulfonamides is 1. The lowest BCUT2D eigenvalue weighted by molar-refractivity contribution is -0.138. The van der Waals surface area contributed by atoms with Gasteiger partial charge in [-0.3, -0.25) is 10.1 Å². The number of para-hydroxylation sites is 1. The van der Waals surface area contributed by atoms with Gasteiger partial charge < -0.3 is 19.1 Å². The largest absolute Gasteiger partial charge is 0.491 e. The first kappa shape index (κ1) is 39.5. The number of hydrogen-bond donors (Lipinski definition) is 2. The summed E-state index contributed by atoms with van der Waals surface area (Å²) in [4.78, 5) is 37.0. The Morgan fingerprint density at radius 2 is 1.70 bits per heavy atom. The number of ether oxygens (including phenoxy) is 3. The van der Waals surface area contributed by atoms with Gasteiger partial charge in [0.25, 0.3) is 21.1 Å². The molecule has 0 aliphatic carbocycles. The Morgan fingerprint density at radius 1 is 1.02 bits per heavy atom. The van der Waals surface area contributed by atoms with Crippen molar-refractivity contribution >= 4 is 56.5 Å². The highest BCUT2D eigenvalue weighted by atomic mass is 35.5. The zero-order valence-electron chi connectivity index (χ0n) is 26.6. The molecule has 0 saturated heterocycles. The summed E-state index contributed by atoms with van der Waals surface area (Å²) >= 11 is 5.76. The molecule has 3 amide bonds. The smallest absolute Gasteiger partial charge is 0.445 e. The van der Waals surface area contributed by atoms with Crippen LogP contribution in [0, 0.1) is 12.7 Å². The van der Waals surface area contributed by atoms with E-state index in [0.29, 0.717) is 5.69 Å². The lowest BCUT2D eigenvalue weighted by Crippen LogP contribution is -2.40. The number of alkyl halides is 4. The lowest BCUT2D eigenvalue weighted by atomic mass is 10.2. The molecule has 2 aromatic heterocycles. The summed E-state index contributed by atoms with van der Waals surface area (Å²) < 4.78 is 92.2. The minimum atomic E-state index is -4.61. The predicted molar refractivity (Wildman–Crippen MR) is 173 cm³/mol. The molecule has 15 nitrogen and oxygen atoms in total. The number of anilines is 2. The van der Waals surface area contributed by atoms with Crippen molar-refractivity contribution < 1.29 is 49.8 Å². The number of nitrogens with one attached hydrogen (secondary N) is 2. The Kier molecular flexibility index (Phi) is 14.0. The van der Waals surface area contributed by atoms with Crippen molar-refractivity contribution in [3.05, 3.63) is 65.2 Å². The van der Waals surface area contributed by atoms with Crippen molar-refractivity contribution in [2.45, 2.75) is 37.9 Å². The molecule has 0 aliphatic heterocycles. The van der Waals surface area contributed by atoms with Gasteiger partial charge in [-0.15, -0.1) is 16.7 Å². The van der Waals surface area contributed by atoms with Crippen molar-refractivity contribution in [3.8, 4) is 17.0 Å². The lowest BCUT2D eigenvalue weighted by Gasteiger charge is -2.26. The topological polar surface area (TPSA) is 188 Å². The van der Waals surface area contributed by atoms with Crippen molar-refractivity contribution in [1.82, 2.24) is 29.9 Å². The van der Waals surface area contributed by atoms with E-state index in [2.05, 4.69) is 30.5 Å². The average molecular weight is 765 g/mol. The molecule has 4 aromatic rings. The third-order valence-electron chi connectivity index (χ3n) is 5.69. The second-order valence-electron chi connectivity index (χ2n) is 9.73. The molecule has 0 radical (unpaired) electrons. The van der Waals surface area contributed by atoms with E-state index in [1.54, 1.807) is 26.8 Å². The van der Waals surface area contributed by atoms with Crippen molar-refractivity contribution in [2.24, 2.45) is 0 Å². The summed E-state index contributed by atoms with van der Waals surface area (Å²) in [6.45, 7) is 4.66. The fourth-order valence-corrected chi connectivity index (χ4v) is 5.45. The highest BCUT2D eigenvalue weighted by molar-refractivity contribution is 7.90. The molecular weight excluding hydrogens is 736 g/mol. The zero-order valence-corrected chi connectivity index (χ0v) is 29.0. The summed E-state index contributed by atoms with van der Waals surface area (Å²) in [5, 5.41) is 6.93. The Balaban J connectivity index is 0.000000271. The Labute approximate surface area is 292 Å². The van der Waals surface area contributed by atoms with Gasteiger partial charge >= 0.3 is 18.2 Å². The van der Waals surface area contributed by atoms with Crippen LogP contribution in [0.15, 0.2) is 53.4 Å². The van der Waals surface area contributed by atoms with Gasteiger partial charge in [0.1, 0.15) is 28.9 Å². The molecule has 270 valence electrons. The number of carbonyl (C=O) groups excluding carboxylic acids is 2. The van der Waals surface area contributed by atoms with Gasteiger partial charge in [-0.25, -0.2) is 22.3 Å². The zero-order chi connectivity index (χ0) is 37.1. The summed E-state index contributed by atoms with van der Waals surface area (Å²) in [6, 6.07) is 9.81. The number of aryl methyl sites for hydroxylation is 1. The first-order valence-electron chi connectivity index (χ1n) is 14.0. The van der Waals surface area contributed by atoms with Gasteiger partial charge in [0.2, 0.25) is 11.0 Å². The van der Waals surface area contributed by atoms with E-state index in [0.717, 1.165) is 0 Å². The van der Waals surface area contributed by atoms with Gasteiger partial charge in [-0.05, 0) is 57.2 Å². The average Bonchev–Trinajstić information content (AvgIpc) is 3.54. The monoisotopic (exact) mass is 764 g/mol. The fourth-order valence-electron chi connectivity index (χ4n) is 3.76. The van der Waals surface area contributed by atoms with E-state index < -0.39 is 45.6 Å². The number of hydrogen-bond acceptors (Lipinski definition) is 13. The molecule has 0 fully saturated rings. The van der Waals surface area contributed by atoms with E-state index in [4.69, 9.17) is 25.8 Å². The van der Waals surface area contributed by atoms with Gasteiger partial charge in [-0.1, -0.05) is 28.6 Å². The van der Waals surface area contributed by atoms with Crippen LogP contribution in [0.4, 0.5) is 34.0 Å². The highest BCUT2D eigenvalue weighted by Crippen LogP contribution is 2.34. The molecule has 0 atom stereocenters. The number of nitrogens with zero attached hydrogens (tertiary/aromatic N) is 6. The van der Waals surface area contributed by atoms with E-state index >= 15 is 0 Å². The Morgan fingerprint density at radius 3 is 2.30 bits per heavy atom. The van der Waals surface area contributed by atoms with Gasteiger partial charge in [0.15, 0.2) is 6.61 Å². The summed E-state index contributed by atoms with van der Waals surface area (Å²) in [6.07, 6.45) is -4.61. The molecular formula is C28H29ClF4N8O7S2. The van der Waals surface area contributed by atoms with E-state index in [9.17, 15) is 35.6 Å². The number of urea groups is 1. The second kappa shape index (κ2) is 17.7. The van der Waals surface area contributed by atoms with E-state index in [-0.39, 0.29) is 63.5 Å². The van der Waals surface area contributed by atoms with Crippen LogP contribution in [-0.2, 0) is 21.0 Å². The van der Waals surface area contributed by atoms with Crippen LogP contribution in [0.5, 0.6) is 17.0 Å². The fraction of sp³-hybridized carbons (Fsp3) is 0.321. The minimum absolute atomic E-state index is 0.0181. The SMILES string of the molecule is CC(C)N(C(=O)COc1nnc(C(F)(F)F)s1)c1ccc(F)cc1.COc1nc(C)nc(NC(=O)NS(=O)(=O)c2ccccc2OCCCl)n1. The molecule has 0 saturated carbocycles. The molecule has 2 N–H and O–H groups in total. The maximum absolute atomic E-state index is 13.0. The maximum Gasteiger partial charge on any atom is 0.445 e. The third-order valence-corrected chi connectivity index (χ3v) is 8.10. The molecule has 0 unspecified atom stereocenters. The normalized spacial score (nSPS) is 11.2. The number of halogens is 5. The minimum Gasteiger partial charge on any atom is -0.491 e. The van der Waals surface area contributed by atoms with E-state index in [1.165, 1.54) is 54.5 Å². The van der Waals surface area contributed by atoms with Crippen LogP contribution in [0.3, 0.4) is 0 Å². The summed E-state index contributed by atoms with van der Waals surface area (Å²) in [5.74, 6) is -0.558. The van der Waals surface area contributed by atoms with Crippen LogP contribution >= 0.6 is 22.9 Å². The number of rotatable bonds is 12. The molecule has 2 heterocycles. The number of amides is 3. The Bertz CT molecular complexity index is 1870. The Hall–Kier alpha value is -4.89. The van der Waals surface area contributed by atoms with Gasteiger partial charge in [0.05, 0.1) is 13.0 Å². The van der Waals surface area contributed by atoms with Crippen molar-refractivity contribution in [1.29, 1.82) is 0 Å². The van der Waals surface area contributed by atoms with Gasteiger partial charge in [0, 0.05) is 11.7 Å². The second-order valence-corrected chi connectivity index (χ2v) is 12.7. The molecule has 0 spiro atoms. The molecule has 0 bridgehead atoms. The third kappa shape index (κ3) is 11.6. The number of benzene rings is 2. The van der Waals surface area contributed by atoms with Crippen LogP contribution < -0.4 is 29.1 Å². The first-order valence-corrected chi connectivity index (χ1v) is 16.9.